The van der Waals surface area contributed by atoms with Crippen molar-refractivity contribution in [3.05, 3.63) is 0 Å². The van der Waals surface area contributed by atoms with Gasteiger partial charge in [0.1, 0.15) is 0 Å². The third-order valence-electron chi connectivity index (χ3n) is 4.43. The molecule has 1 N–H and O–H groups in total. The summed E-state index contributed by atoms with van der Waals surface area (Å²) in [5, 5.41) is 9.99. The highest BCUT2D eigenvalue weighted by atomic mass is 16.5. The fraction of sp³-hybridized carbons (Fsp3) is 0.952. The van der Waals surface area contributed by atoms with Gasteiger partial charge in [-0.25, -0.2) is 0 Å². The lowest BCUT2D eigenvalue weighted by Crippen LogP contribution is -2.10. The van der Waals surface area contributed by atoms with Gasteiger partial charge < -0.3 is 9.84 Å². The van der Waals surface area contributed by atoms with E-state index in [-0.39, 0.29) is 18.2 Å². The van der Waals surface area contributed by atoms with Gasteiger partial charge in [0.25, 0.3) is 0 Å². The lowest BCUT2D eigenvalue weighted by Gasteiger charge is -2.10. The lowest BCUT2D eigenvalue weighted by atomic mass is 10.0. The highest BCUT2D eigenvalue weighted by Gasteiger charge is 2.06. The van der Waals surface area contributed by atoms with Crippen molar-refractivity contribution in [2.24, 2.45) is 0 Å². The van der Waals surface area contributed by atoms with E-state index in [4.69, 9.17) is 4.74 Å². The van der Waals surface area contributed by atoms with Gasteiger partial charge in [0.2, 0.25) is 0 Å². The van der Waals surface area contributed by atoms with Crippen LogP contribution in [0.3, 0.4) is 0 Å². The Balaban J connectivity index is 3.25. The van der Waals surface area contributed by atoms with E-state index in [0.717, 1.165) is 44.9 Å². The Bertz CT molecular complexity index is 276. The van der Waals surface area contributed by atoms with Crippen molar-refractivity contribution in [3.8, 4) is 0 Å². The van der Waals surface area contributed by atoms with Crippen LogP contribution in [0.15, 0.2) is 0 Å². The molecule has 0 spiro atoms. The summed E-state index contributed by atoms with van der Waals surface area (Å²) in [6.07, 6.45) is 16.9. The normalized spacial score (nSPS) is 12.5. The van der Waals surface area contributed by atoms with Crippen LogP contribution in [0.1, 0.15) is 117 Å². The quantitative estimate of drug-likeness (QED) is 0.254. The summed E-state index contributed by atoms with van der Waals surface area (Å²) in [6.45, 7) is 6.02. The van der Waals surface area contributed by atoms with E-state index in [1.165, 1.54) is 44.9 Å². The van der Waals surface area contributed by atoms with Gasteiger partial charge in [-0.05, 0) is 33.1 Å². The van der Waals surface area contributed by atoms with Gasteiger partial charge in [-0.15, -0.1) is 0 Å². The van der Waals surface area contributed by atoms with Crippen molar-refractivity contribution in [2.45, 2.75) is 129 Å². The number of aliphatic hydroxyl groups is 1. The van der Waals surface area contributed by atoms with E-state index < -0.39 is 0 Å². The van der Waals surface area contributed by atoms with Gasteiger partial charge >= 0.3 is 5.97 Å². The number of rotatable bonds is 17. The smallest absolute Gasteiger partial charge is 0.306 e. The van der Waals surface area contributed by atoms with Crippen molar-refractivity contribution in [1.29, 1.82) is 0 Å². The first-order chi connectivity index (χ1) is 11.6. The van der Waals surface area contributed by atoms with Crippen molar-refractivity contribution in [3.63, 3.8) is 0 Å². The van der Waals surface area contributed by atoms with E-state index in [2.05, 4.69) is 6.92 Å². The second-order valence-corrected chi connectivity index (χ2v) is 7.41. The molecule has 3 heteroatoms. The van der Waals surface area contributed by atoms with Crippen LogP contribution in [-0.4, -0.2) is 23.3 Å². The minimum atomic E-state index is -0.110. The van der Waals surface area contributed by atoms with Gasteiger partial charge in [-0.3, -0.25) is 4.79 Å². The molecule has 0 amide bonds. The zero-order valence-corrected chi connectivity index (χ0v) is 16.5. The maximum atomic E-state index is 11.4. The average Bonchev–Trinajstić information content (AvgIpc) is 2.52. The van der Waals surface area contributed by atoms with Crippen LogP contribution >= 0.6 is 0 Å². The minimum absolute atomic E-state index is 0.00433. The third-order valence-corrected chi connectivity index (χ3v) is 4.43. The topological polar surface area (TPSA) is 46.5 Å². The highest BCUT2D eigenvalue weighted by Crippen LogP contribution is 2.14. The van der Waals surface area contributed by atoms with Gasteiger partial charge in [0.05, 0.1) is 12.2 Å². The molecule has 0 aromatic rings. The Kier molecular flexibility index (Phi) is 16.8. The molecule has 0 aliphatic carbocycles. The van der Waals surface area contributed by atoms with Crippen molar-refractivity contribution in [2.75, 3.05) is 0 Å². The first-order valence-electron chi connectivity index (χ1n) is 10.4. The van der Waals surface area contributed by atoms with Gasteiger partial charge in [0, 0.05) is 6.42 Å². The minimum Gasteiger partial charge on any atom is -0.463 e. The molecule has 0 saturated carbocycles. The van der Waals surface area contributed by atoms with Crippen LogP contribution in [-0.2, 0) is 9.53 Å². The summed E-state index contributed by atoms with van der Waals surface area (Å²) in [4.78, 5) is 11.4. The van der Waals surface area contributed by atoms with Gasteiger partial charge in [-0.1, -0.05) is 77.6 Å². The lowest BCUT2D eigenvalue weighted by molar-refractivity contribution is -0.147. The molecule has 1 unspecified atom stereocenters. The molecule has 0 aliphatic rings. The maximum Gasteiger partial charge on any atom is 0.306 e. The molecule has 0 aromatic heterocycles. The summed E-state index contributed by atoms with van der Waals surface area (Å²) in [5.41, 5.74) is 0. The van der Waals surface area contributed by atoms with Crippen LogP contribution in [0.25, 0.3) is 0 Å². The number of unbranched alkanes of at least 4 members (excludes halogenated alkanes) is 10. The predicted octanol–water partition coefficient (Wildman–Crippen LogP) is 6.17. The van der Waals surface area contributed by atoms with Crippen molar-refractivity contribution < 1.29 is 14.6 Å². The Morgan fingerprint density at radius 3 is 1.75 bits per heavy atom. The molecule has 0 fully saturated rings. The molecule has 0 heterocycles. The Hall–Kier alpha value is -0.570. The molecule has 0 saturated heterocycles. The summed E-state index contributed by atoms with van der Waals surface area (Å²) < 4.78 is 5.11. The average molecular weight is 343 g/mol. The second kappa shape index (κ2) is 17.3. The molecule has 0 aromatic carbocycles. The standard InChI is InChI=1S/C21H42O3/c1-4-5-6-7-8-10-13-16-20(22)17-14-11-9-12-15-18-21(23)24-19(2)3/h19-20,22H,4-18H2,1-3H3. The second-order valence-electron chi connectivity index (χ2n) is 7.41. The number of aliphatic hydroxyl groups excluding tert-OH is 1. The van der Waals surface area contributed by atoms with E-state index in [1.807, 2.05) is 13.8 Å². The number of hydrogen-bond acceptors (Lipinski definition) is 3. The molecule has 0 aliphatic heterocycles. The van der Waals surface area contributed by atoms with Crippen LogP contribution in [0.4, 0.5) is 0 Å². The van der Waals surface area contributed by atoms with Crippen molar-refractivity contribution in [1.82, 2.24) is 0 Å². The summed E-state index contributed by atoms with van der Waals surface area (Å²) >= 11 is 0. The summed E-state index contributed by atoms with van der Waals surface area (Å²) in [7, 11) is 0. The van der Waals surface area contributed by atoms with Gasteiger partial charge in [0.15, 0.2) is 0 Å². The molecule has 144 valence electrons. The number of esters is 1. The van der Waals surface area contributed by atoms with Gasteiger partial charge in [-0.2, -0.15) is 0 Å². The number of ether oxygens (including phenoxy) is 1. The summed E-state index contributed by atoms with van der Waals surface area (Å²) in [6, 6.07) is 0. The molecule has 3 nitrogen and oxygen atoms in total. The molecule has 0 radical (unpaired) electrons. The first-order valence-corrected chi connectivity index (χ1v) is 10.4. The van der Waals surface area contributed by atoms with E-state index >= 15 is 0 Å². The Morgan fingerprint density at radius 2 is 1.25 bits per heavy atom. The SMILES string of the molecule is CCCCCCCCCC(O)CCCCCCCC(=O)OC(C)C. The van der Waals surface area contributed by atoms with Crippen LogP contribution < -0.4 is 0 Å². The highest BCUT2D eigenvalue weighted by molar-refractivity contribution is 5.69. The fourth-order valence-corrected chi connectivity index (χ4v) is 2.98. The predicted molar refractivity (Wildman–Crippen MR) is 102 cm³/mol. The van der Waals surface area contributed by atoms with Crippen LogP contribution in [0, 0.1) is 0 Å². The third kappa shape index (κ3) is 17.8. The molecule has 0 rings (SSSR count). The fourth-order valence-electron chi connectivity index (χ4n) is 2.98. The van der Waals surface area contributed by atoms with Crippen molar-refractivity contribution >= 4 is 5.97 Å². The van der Waals surface area contributed by atoms with E-state index in [9.17, 15) is 9.90 Å². The number of carbonyl (C=O) groups excluding carboxylic acids is 1. The molecule has 0 bridgehead atoms. The Labute approximate surface area is 150 Å². The first kappa shape index (κ1) is 23.4. The zero-order valence-electron chi connectivity index (χ0n) is 16.5. The monoisotopic (exact) mass is 342 g/mol. The van der Waals surface area contributed by atoms with E-state index in [1.54, 1.807) is 0 Å². The number of carbonyl (C=O) groups is 1. The molecule has 24 heavy (non-hydrogen) atoms. The summed E-state index contributed by atoms with van der Waals surface area (Å²) in [5.74, 6) is -0.0740. The zero-order chi connectivity index (χ0) is 18.0. The Morgan fingerprint density at radius 1 is 0.792 bits per heavy atom. The molecular formula is C21H42O3. The molecular weight excluding hydrogens is 300 g/mol. The van der Waals surface area contributed by atoms with E-state index in [0.29, 0.717) is 6.42 Å². The maximum absolute atomic E-state index is 11.4. The largest absolute Gasteiger partial charge is 0.463 e. The van der Waals surface area contributed by atoms with Crippen LogP contribution in [0.2, 0.25) is 0 Å². The number of hydrogen-bond donors (Lipinski definition) is 1. The molecule has 1 atom stereocenters. The van der Waals surface area contributed by atoms with Crippen LogP contribution in [0.5, 0.6) is 0 Å².